The second kappa shape index (κ2) is 5.95. The van der Waals surface area contributed by atoms with Gasteiger partial charge in [-0.3, -0.25) is 4.79 Å². The largest absolute Gasteiger partial charge is 0.355 e. The molecule has 0 atom stereocenters. The Morgan fingerprint density at radius 3 is 2.57 bits per heavy atom. The molecular weight excluding hydrogens is 272 g/mol. The molecule has 114 valence electrons. The molecule has 1 N–H and O–H groups in total. The van der Waals surface area contributed by atoms with Crippen LogP contribution in [-0.4, -0.2) is 48.2 Å². The first-order valence-electron chi connectivity index (χ1n) is 7.37. The van der Waals surface area contributed by atoms with Crippen LogP contribution in [0.1, 0.15) is 26.2 Å². The average molecular weight is 292 g/mol. The molecule has 1 aromatic rings. The first-order chi connectivity index (χ1) is 10.2. The maximum Gasteiger partial charge on any atom is 0.225 e. The predicted octanol–water partition coefficient (Wildman–Crippen LogP) is 1.17. The van der Waals surface area contributed by atoms with Crippen molar-refractivity contribution >= 4 is 17.5 Å². The van der Waals surface area contributed by atoms with Crippen LogP contribution in [0.15, 0.2) is 12.1 Å². The zero-order valence-electron chi connectivity index (χ0n) is 12.2. The van der Waals surface area contributed by atoms with Gasteiger partial charge in [-0.05, 0) is 12.1 Å². The van der Waals surface area contributed by atoms with E-state index in [1.165, 1.54) is 0 Å². The van der Waals surface area contributed by atoms with Crippen molar-refractivity contribution in [3.63, 3.8) is 0 Å². The number of aromatic nitrogens is 2. The summed E-state index contributed by atoms with van der Waals surface area (Å²) in [6, 6.07) is 3.66. The highest BCUT2D eigenvalue weighted by molar-refractivity contribution is 5.89. The monoisotopic (exact) mass is 292 g/mol. The minimum atomic E-state index is -0.376. The topological polar surface area (TPSA) is 76.6 Å². The number of nitrogens with one attached hydrogen (secondary N) is 1. The van der Waals surface area contributed by atoms with E-state index in [9.17, 15) is 4.79 Å². The molecule has 0 saturated carbocycles. The molecule has 2 aliphatic heterocycles. The normalized spacial score (nSPS) is 20.7. The van der Waals surface area contributed by atoms with Gasteiger partial charge in [-0.15, -0.1) is 10.2 Å². The number of carbonyl (C=O) groups excluding carboxylic acids is 1. The smallest absolute Gasteiger partial charge is 0.225 e. The van der Waals surface area contributed by atoms with Crippen LogP contribution in [0.2, 0.25) is 0 Å². The van der Waals surface area contributed by atoms with Crippen molar-refractivity contribution in [3.8, 4) is 0 Å². The van der Waals surface area contributed by atoms with Gasteiger partial charge in [-0.2, -0.15) is 0 Å². The zero-order chi connectivity index (χ0) is 14.7. The van der Waals surface area contributed by atoms with E-state index in [0.29, 0.717) is 25.5 Å². The molecule has 1 spiro atoms. The summed E-state index contributed by atoms with van der Waals surface area (Å²) in [4.78, 5) is 13.5. The van der Waals surface area contributed by atoms with Crippen LogP contribution in [-0.2, 0) is 14.3 Å². The summed E-state index contributed by atoms with van der Waals surface area (Å²) >= 11 is 0. The van der Waals surface area contributed by atoms with E-state index in [2.05, 4.69) is 20.4 Å². The molecule has 3 heterocycles. The molecule has 2 aliphatic rings. The Morgan fingerprint density at radius 2 is 2.00 bits per heavy atom. The Bertz CT molecular complexity index is 489. The third kappa shape index (κ3) is 3.14. The Hall–Kier alpha value is -1.73. The third-order valence-corrected chi connectivity index (χ3v) is 3.90. The second-order valence-electron chi connectivity index (χ2n) is 5.27. The van der Waals surface area contributed by atoms with E-state index in [1.807, 2.05) is 6.07 Å². The fourth-order valence-electron chi connectivity index (χ4n) is 2.65. The number of ether oxygens (including phenoxy) is 2. The van der Waals surface area contributed by atoms with Crippen molar-refractivity contribution in [1.29, 1.82) is 0 Å². The Balaban J connectivity index is 1.59. The molecule has 21 heavy (non-hydrogen) atoms. The Kier molecular flexibility index (Phi) is 4.03. The molecule has 2 fully saturated rings. The lowest BCUT2D eigenvalue weighted by Gasteiger charge is -2.37. The van der Waals surface area contributed by atoms with Gasteiger partial charge in [0.1, 0.15) is 0 Å². The van der Waals surface area contributed by atoms with Crippen LogP contribution in [0, 0.1) is 0 Å². The molecule has 7 nitrogen and oxygen atoms in total. The lowest BCUT2D eigenvalue weighted by atomic mass is 10.0. The molecular formula is C14H20N4O3. The van der Waals surface area contributed by atoms with E-state index in [0.717, 1.165) is 31.7 Å². The highest BCUT2D eigenvalue weighted by Gasteiger charge is 2.40. The van der Waals surface area contributed by atoms with Crippen LogP contribution in [0.3, 0.4) is 0 Å². The molecule has 0 bridgehead atoms. The number of hydrogen-bond acceptors (Lipinski definition) is 6. The predicted molar refractivity (Wildman–Crippen MR) is 77.0 cm³/mol. The number of rotatable bonds is 3. The minimum absolute atomic E-state index is 0.0625. The zero-order valence-corrected chi connectivity index (χ0v) is 12.2. The average Bonchev–Trinajstić information content (AvgIpc) is 2.97. The number of hydrogen-bond donors (Lipinski definition) is 1. The van der Waals surface area contributed by atoms with E-state index in [-0.39, 0.29) is 11.7 Å². The molecule has 0 unspecified atom stereocenters. The van der Waals surface area contributed by atoms with Gasteiger partial charge in [-0.25, -0.2) is 0 Å². The molecule has 2 saturated heterocycles. The minimum Gasteiger partial charge on any atom is -0.355 e. The molecule has 7 heteroatoms. The quantitative estimate of drug-likeness (QED) is 0.901. The summed E-state index contributed by atoms with van der Waals surface area (Å²) in [6.07, 6.45) is 2.10. The van der Waals surface area contributed by atoms with Crippen LogP contribution in [0.4, 0.5) is 11.6 Å². The summed E-state index contributed by atoms with van der Waals surface area (Å²) in [7, 11) is 0. The van der Waals surface area contributed by atoms with Crippen molar-refractivity contribution in [3.05, 3.63) is 12.1 Å². The van der Waals surface area contributed by atoms with Gasteiger partial charge < -0.3 is 19.7 Å². The molecule has 3 rings (SSSR count). The number of nitrogens with zero attached hydrogens (tertiary/aromatic N) is 3. The summed E-state index contributed by atoms with van der Waals surface area (Å²) < 4.78 is 11.4. The van der Waals surface area contributed by atoms with Gasteiger partial charge in [0.2, 0.25) is 5.91 Å². The van der Waals surface area contributed by atoms with E-state index >= 15 is 0 Å². The number of anilines is 2. The summed E-state index contributed by atoms with van der Waals surface area (Å²) in [5.41, 5.74) is 0. The van der Waals surface area contributed by atoms with Gasteiger partial charge >= 0.3 is 0 Å². The highest BCUT2D eigenvalue weighted by atomic mass is 16.7. The fraction of sp³-hybridized carbons (Fsp3) is 0.643. The van der Waals surface area contributed by atoms with Crippen molar-refractivity contribution in [1.82, 2.24) is 10.2 Å². The highest BCUT2D eigenvalue weighted by Crippen LogP contribution is 2.32. The van der Waals surface area contributed by atoms with Crippen molar-refractivity contribution in [2.24, 2.45) is 0 Å². The van der Waals surface area contributed by atoms with Crippen molar-refractivity contribution < 1.29 is 14.3 Å². The summed E-state index contributed by atoms with van der Waals surface area (Å²) in [5.74, 6) is 0.866. The van der Waals surface area contributed by atoms with Crippen molar-refractivity contribution in [2.45, 2.75) is 32.0 Å². The van der Waals surface area contributed by atoms with Crippen LogP contribution < -0.4 is 10.2 Å². The summed E-state index contributed by atoms with van der Waals surface area (Å²) in [6.45, 7) is 4.83. The molecule has 0 aliphatic carbocycles. The fourth-order valence-corrected chi connectivity index (χ4v) is 2.65. The van der Waals surface area contributed by atoms with Crippen molar-refractivity contribution in [2.75, 3.05) is 36.5 Å². The number of piperidine rings is 1. The third-order valence-electron chi connectivity index (χ3n) is 3.90. The Morgan fingerprint density at radius 1 is 1.29 bits per heavy atom. The molecule has 1 amide bonds. The lowest BCUT2D eigenvalue weighted by Crippen LogP contribution is -2.45. The maximum absolute atomic E-state index is 11.3. The van der Waals surface area contributed by atoms with E-state index in [1.54, 1.807) is 13.0 Å². The van der Waals surface area contributed by atoms with Gasteiger partial charge in [-0.1, -0.05) is 6.92 Å². The van der Waals surface area contributed by atoms with Gasteiger partial charge in [0.05, 0.1) is 13.2 Å². The molecule has 0 radical (unpaired) electrons. The Labute approximate surface area is 123 Å². The number of carbonyl (C=O) groups is 1. The van der Waals surface area contributed by atoms with Gasteiger partial charge in [0.25, 0.3) is 0 Å². The van der Waals surface area contributed by atoms with Gasteiger partial charge in [0.15, 0.2) is 17.4 Å². The van der Waals surface area contributed by atoms with E-state index in [4.69, 9.17) is 9.47 Å². The van der Waals surface area contributed by atoms with Crippen LogP contribution >= 0.6 is 0 Å². The SMILES string of the molecule is CCC(=O)Nc1ccc(N2CCC3(CC2)OCCO3)nn1. The van der Waals surface area contributed by atoms with E-state index < -0.39 is 0 Å². The van der Waals surface area contributed by atoms with Crippen LogP contribution in [0.5, 0.6) is 0 Å². The second-order valence-corrected chi connectivity index (χ2v) is 5.27. The van der Waals surface area contributed by atoms with Gasteiger partial charge in [0, 0.05) is 32.4 Å². The maximum atomic E-state index is 11.3. The molecule has 1 aromatic heterocycles. The lowest BCUT2D eigenvalue weighted by molar-refractivity contribution is -0.169. The van der Waals surface area contributed by atoms with Crippen LogP contribution in [0.25, 0.3) is 0 Å². The first-order valence-corrected chi connectivity index (χ1v) is 7.37. The number of amides is 1. The standard InChI is InChI=1S/C14H20N4O3/c1-2-13(19)15-11-3-4-12(17-16-11)18-7-5-14(6-8-18)20-9-10-21-14/h3-4H,2,5-10H2,1H3,(H,15,16,19). The summed E-state index contributed by atoms with van der Waals surface area (Å²) in [5, 5.41) is 10.9. The molecule has 0 aromatic carbocycles. The first kappa shape index (κ1) is 14.2.